The van der Waals surface area contributed by atoms with E-state index < -0.39 is 0 Å². The summed E-state index contributed by atoms with van der Waals surface area (Å²) in [4.78, 5) is 2.55. The van der Waals surface area contributed by atoms with Gasteiger partial charge in [-0.05, 0) is 38.8 Å². The molecular weight excluding hydrogens is 174 g/mol. The predicted octanol–water partition coefficient (Wildman–Crippen LogP) is 2.17. The van der Waals surface area contributed by atoms with Crippen molar-refractivity contribution in [2.45, 2.75) is 63.5 Å². The van der Waals surface area contributed by atoms with Crippen LogP contribution < -0.4 is 0 Å². The molecule has 14 heavy (non-hydrogen) atoms. The van der Waals surface area contributed by atoms with Crippen molar-refractivity contribution in [1.29, 1.82) is 0 Å². The number of aliphatic hydroxyl groups excluding tert-OH is 1. The van der Waals surface area contributed by atoms with Gasteiger partial charge in [-0.2, -0.15) is 0 Å². The van der Waals surface area contributed by atoms with Crippen LogP contribution in [-0.4, -0.2) is 35.2 Å². The lowest BCUT2D eigenvalue weighted by atomic mass is 9.91. The number of hydrogen-bond donors (Lipinski definition) is 1. The second-order valence-corrected chi connectivity index (χ2v) is 4.87. The van der Waals surface area contributed by atoms with E-state index in [4.69, 9.17) is 0 Å². The summed E-state index contributed by atoms with van der Waals surface area (Å²) >= 11 is 0. The zero-order valence-electron chi connectivity index (χ0n) is 9.12. The first-order valence-electron chi connectivity index (χ1n) is 6.30. The molecule has 82 valence electrons. The van der Waals surface area contributed by atoms with E-state index in [1.54, 1.807) is 0 Å². The Bertz CT molecular complexity index is 164. The maximum atomic E-state index is 9.97. The highest BCUT2D eigenvalue weighted by Gasteiger charge is 2.28. The Hall–Kier alpha value is -0.0800. The van der Waals surface area contributed by atoms with Crippen molar-refractivity contribution in [2.24, 2.45) is 0 Å². The molecule has 0 amide bonds. The third-order valence-corrected chi connectivity index (χ3v) is 3.80. The molecule has 2 rings (SSSR count). The molecule has 0 aromatic heterocycles. The molecule has 2 atom stereocenters. The van der Waals surface area contributed by atoms with Crippen LogP contribution in [0.5, 0.6) is 0 Å². The van der Waals surface area contributed by atoms with Gasteiger partial charge < -0.3 is 5.11 Å². The van der Waals surface area contributed by atoms with Crippen molar-refractivity contribution in [3.05, 3.63) is 0 Å². The molecule has 1 aliphatic heterocycles. The van der Waals surface area contributed by atoms with Crippen LogP contribution in [0.3, 0.4) is 0 Å². The Morgan fingerprint density at radius 3 is 2.07 bits per heavy atom. The van der Waals surface area contributed by atoms with E-state index in [1.165, 1.54) is 58.0 Å². The average Bonchev–Trinajstić information content (AvgIpc) is 2.47. The summed E-state index contributed by atoms with van der Waals surface area (Å²) in [5.41, 5.74) is 0. The summed E-state index contributed by atoms with van der Waals surface area (Å²) in [6.45, 7) is 2.45. The van der Waals surface area contributed by atoms with Crippen LogP contribution in [0.1, 0.15) is 51.4 Å². The maximum absolute atomic E-state index is 9.97. The highest BCUT2D eigenvalue weighted by atomic mass is 16.3. The van der Waals surface area contributed by atoms with Crippen molar-refractivity contribution in [3.63, 3.8) is 0 Å². The van der Waals surface area contributed by atoms with Crippen molar-refractivity contribution in [3.8, 4) is 0 Å². The number of aliphatic hydroxyl groups is 1. The highest BCUT2D eigenvalue weighted by Crippen LogP contribution is 2.25. The van der Waals surface area contributed by atoms with Crippen LogP contribution in [0.4, 0.5) is 0 Å². The molecular formula is C12H23NO. The van der Waals surface area contributed by atoms with Crippen LogP contribution in [0.15, 0.2) is 0 Å². The van der Waals surface area contributed by atoms with E-state index in [0.717, 1.165) is 6.42 Å². The lowest BCUT2D eigenvalue weighted by Crippen LogP contribution is -2.45. The maximum Gasteiger partial charge on any atom is 0.0695 e. The molecule has 1 N–H and O–H groups in total. The molecule has 1 unspecified atom stereocenters. The van der Waals surface area contributed by atoms with Crippen molar-refractivity contribution < 1.29 is 5.11 Å². The van der Waals surface area contributed by atoms with Gasteiger partial charge in [0.15, 0.2) is 0 Å². The third-order valence-electron chi connectivity index (χ3n) is 3.80. The first kappa shape index (κ1) is 10.4. The van der Waals surface area contributed by atoms with Crippen LogP contribution >= 0.6 is 0 Å². The lowest BCUT2D eigenvalue weighted by molar-refractivity contribution is 0.0214. The molecule has 2 aliphatic rings. The summed E-state index contributed by atoms with van der Waals surface area (Å²) < 4.78 is 0. The minimum atomic E-state index is -0.0400. The van der Waals surface area contributed by atoms with Gasteiger partial charge in [0.25, 0.3) is 0 Å². The standard InChI is InChI=1S/C12H23NO/c14-12-8-4-3-7-11(12)13-9-5-1-2-6-10-13/h11-12,14H,1-10H2/t11?,12-/m0/s1. The summed E-state index contributed by atoms with van der Waals surface area (Å²) in [5, 5.41) is 9.97. The van der Waals surface area contributed by atoms with E-state index in [-0.39, 0.29) is 6.10 Å². The topological polar surface area (TPSA) is 23.5 Å². The Balaban J connectivity index is 1.90. The Labute approximate surface area is 87.3 Å². The molecule has 1 aliphatic carbocycles. The Morgan fingerprint density at radius 2 is 1.43 bits per heavy atom. The van der Waals surface area contributed by atoms with Gasteiger partial charge in [0.2, 0.25) is 0 Å². The second-order valence-electron chi connectivity index (χ2n) is 4.87. The second kappa shape index (κ2) is 5.13. The van der Waals surface area contributed by atoms with Gasteiger partial charge in [0, 0.05) is 6.04 Å². The zero-order chi connectivity index (χ0) is 9.80. The number of nitrogens with zero attached hydrogens (tertiary/aromatic N) is 1. The van der Waals surface area contributed by atoms with E-state index >= 15 is 0 Å². The van der Waals surface area contributed by atoms with Gasteiger partial charge >= 0.3 is 0 Å². The minimum absolute atomic E-state index is 0.0400. The summed E-state index contributed by atoms with van der Waals surface area (Å²) in [7, 11) is 0. The minimum Gasteiger partial charge on any atom is -0.391 e. The third kappa shape index (κ3) is 2.48. The summed E-state index contributed by atoms with van der Waals surface area (Å²) in [5.74, 6) is 0. The highest BCUT2D eigenvalue weighted by molar-refractivity contribution is 4.83. The molecule has 2 fully saturated rings. The number of likely N-dealkylation sites (tertiary alicyclic amines) is 1. The van der Waals surface area contributed by atoms with Gasteiger partial charge in [-0.3, -0.25) is 4.90 Å². The van der Waals surface area contributed by atoms with Gasteiger partial charge in [-0.15, -0.1) is 0 Å². The van der Waals surface area contributed by atoms with Crippen molar-refractivity contribution >= 4 is 0 Å². The molecule has 0 aromatic carbocycles. The largest absolute Gasteiger partial charge is 0.391 e. The van der Waals surface area contributed by atoms with Gasteiger partial charge in [0.05, 0.1) is 6.10 Å². The molecule has 0 spiro atoms. The Kier molecular flexibility index (Phi) is 3.82. The fourth-order valence-corrected chi connectivity index (χ4v) is 2.94. The van der Waals surface area contributed by atoms with Gasteiger partial charge in [0.1, 0.15) is 0 Å². The lowest BCUT2D eigenvalue weighted by Gasteiger charge is -2.37. The van der Waals surface area contributed by atoms with E-state index in [0.29, 0.717) is 6.04 Å². The Morgan fingerprint density at radius 1 is 0.786 bits per heavy atom. The SMILES string of the molecule is O[C@H]1CCCCC1N1CCCCCC1. The fraction of sp³-hybridized carbons (Fsp3) is 1.00. The summed E-state index contributed by atoms with van der Waals surface area (Å²) in [6, 6.07) is 0.488. The first-order valence-corrected chi connectivity index (χ1v) is 6.30. The predicted molar refractivity (Wildman–Crippen MR) is 58.3 cm³/mol. The quantitative estimate of drug-likeness (QED) is 0.696. The average molecular weight is 197 g/mol. The molecule has 0 radical (unpaired) electrons. The normalized spacial score (nSPS) is 36.6. The molecule has 1 saturated carbocycles. The van der Waals surface area contributed by atoms with E-state index in [2.05, 4.69) is 4.90 Å². The van der Waals surface area contributed by atoms with Gasteiger partial charge in [-0.25, -0.2) is 0 Å². The van der Waals surface area contributed by atoms with Crippen molar-refractivity contribution in [2.75, 3.05) is 13.1 Å². The number of hydrogen-bond acceptors (Lipinski definition) is 2. The summed E-state index contributed by atoms with van der Waals surface area (Å²) in [6.07, 6.45) is 10.2. The fourth-order valence-electron chi connectivity index (χ4n) is 2.94. The molecule has 2 nitrogen and oxygen atoms in total. The van der Waals surface area contributed by atoms with E-state index in [1.807, 2.05) is 0 Å². The van der Waals surface area contributed by atoms with Crippen LogP contribution in [-0.2, 0) is 0 Å². The molecule has 1 saturated heterocycles. The number of rotatable bonds is 1. The van der Waals surface area contributed by atoms with Crippen LogP contribution in [0.25, 0.3) is 0 Å². The molecule has 1 heterocycles. The molecule has 0 aromatic rings. The zero-order valence-corrected chi connectivity index (χ0v) is 9.12. The monoisotopic (exact) mass is 197 g/mol. The van der Waals surface area contributed by atoms with Crippen molar-refractivity contribution in [1.82, 2.24) is 4.90 Å². The van der Waals surface area contributed by atoms with Gasteiger partial charge in [-0.1, -0.05) is 25.7 Å². The molecule has 2 heteroatoms. The van der Waals surface area contributed by atoms with E-state index in [9.17, 15) is 5.11 Å². The smallest absolute Gasteiger partial charge is 0.0695 e. The van der Waals surface area contributed by atoms with Crippen LogP contribution in [0.2, 0.25) is 0 Å². The first-order chi connectivity index (χ1) is 6.88. The van der Waals surface area contributed by atoms with Crippen LogP contribution in [0, 0.1) is 0 Å². The molecule has 0 bridgehead atoms.